The molecular formula is C20H25N3O2. The molecule has 1 aromatic carbocycles. The second kappa shape index (κ2) is 8.12. The van der Waals surface area contributed by atoms with Gasteiger partial charge in [-0.15, -0.1) is 0 Å². The molecule has 0 aliphatic carbocycles. The van der Waals surface area contributed by atoms with E-state index in [0.717, 1.165) is 32.5 Å². The smallest absolute Gasteiger partial charge is 0.252 e. The zero-order valence-corrected chi connectivity index (χ0v) is 14.6. The first-order valence-corrected chi connectivity index (χ1v) is 8.83. The SMILES string of the molecule is Cn1cc(C(=O)NCC2CCCN(Cc3ccccc3)C2)ccc1=O. The van der Waals surface area contributed by atoms with Gasteiger partial charge in [0.15, 0.2) is 0 Å². The largest absolute Gasteiger partial charge is 0.352 e. The summed E-state index contributed by atoms with van der Waals surface area (Å²) in [6.07, 6.45) is 3.88. The number of hydrogen-bond acceptors (Lipinski definition) is 3. The minimum Gasteiger partial charge on any atom is -0.352 e. The van der Waals surface area contributed by atoms with E-state index in [2.05, 4.69) is 34.5 Å². The fraction of sp³-hybridized carbons (Fsp3) is 0.400. The number of piperidine rings is 1. The van der Waals surface area contributed by atoms with Gasteiger partial charge in [-0.1, -0.05) is 30.3 Å². The number of hydrogen-bond donors (Lipinski definition) is 1. The summed E-state index contributed by atoms with van der Waals surface area (Å²) in [5.74, 6) is 0.352. The van der Waals surface area contributed by atoms with Crippen LogP contribution in [0.3, 0.4) is 0 Å². The Labute approximate surface area is 148 Å². The maximum atomic E-state index is 12.3. The summed E-state index contributed by atoms with van der Waals surface area (Å²) >= 11 is 0. The van der Waals surface area contributed by atoms with Gasteiger partial charge in [-0.2, -0.15) is 0 Å². The average Bonchev–Trinajstić information content (AvgIpc) is 2.63. The molecule has 2 aromatic rings. The van der Waals surface area contributed by atoms with Crippen molar-refractivity contribution in [2.24, 2.45) is 13.0 Å². The molecule has 1 aromatic heterocycles. The standard InChI is InChI=1S/C20H25N3O2/c1-22-15-18(9-10-19(22)24)20(25)21-12-17-8-5-11-23(14-17)13-16-6-3-2-4-7-16/h2-4,6-7,9-10,15,17H,5,8,11-14H2,1H3,(H,21,25). The van der Waals surface area contributed by atoms with Crippen LogP contribution in [0.25, 0.3) is 0 Å². The molecule has 2 heterocycles. The summed E-state index contributed by atoms with van der Waals surface area (Å²) in [6, 6.07) is 13.5. The van der Waals surface area contributed by atoms with Crippen molar-refractivity contribution in [3.8, 4) is 0 Å². The fourth-order valence-electron chi connectivity index (χ4n) is 3.37. The number of nitrogens with one attached hydrogen (secondary N) is 1. The van der Waals surface area contributed by atoms with Crippen LogP contribution in [0.2, 0.25) is 0 Å². The molecule has 1 N–H and O–H groups in total. The molecule has 5 nitrogen and oxygen atoms in total. The second-order valence-electron chi connectivity index (χ2n) is 6.81. The quantitative estimate of drug-likeness (QED) is 0.907. The highest BCUT2D eigenvalue weighted by atomic mass is 16.2. The molecule has 132 valence electrons. The Bertz CT molecular complexity index is 770. The Morgan fingerprint density at radius 2 is 2.00 bits per heavy atom. The van der Waals surface area contributed by atoms with Gasteiger partial charge in [-0.3, -0.25) is 14.5 Å². The minimum atomic E-state index is -0.115. The Morgan fingerprint density at radius 3 is 2.76 bits per heavy atom. The van der Waals surface area contributed by atoms with E-state index in [-0.39, 0.29) is 11.5 Å². The molecule has 0 radical (unpaired) electrons. The van der Waals surface area contributed by atoms with Crippen LogP contribution in [0.5, 0.6) is 0 Å². The highest BCUT2D eigenvalue weighted by Crippen LogP contribution is 2.18. The lowest BCUT2D eigenvalue weighted by Gasteiger charge is -2.32. The van der Waals surface area contributed by atoms with Crippen molar-refractivity contribution in [2.45, 2.75) is 19.4 Å². The zero-order valence-electron chi connectivity index (χ0n) is 14.6. The van der Waals surface area contributed by atoms with Gasteiger partial charge in [0.05, 0.1) is 5.56 Å². The molecular weight excluding hydrogens is 314 g/mol. The Hall–Kier alpha value is -2.40. The molecule has 1 unspecified atom stereocenters. The van der Waals surface area contributed by atoms with E-state index < -0.39 is 0 Å². The summed E-state index contributed by atoms with van der Waals surface area (Å²) < 4.78 is 1.43. The summed E-state index contributed by atoms with van der Waals surface area (Å²) in [4.78, 5) is 26.2. The topological polar surface area (TPSA) is 54.3 Å². The van der Waals surface area contributed by atoms with E-state index >= 15 is 0 Å². The minimum absolute atomic E-state index is 0.111. The predicted octanol–water partition coefficient (Wildman–Crippen LogP) is 2.03. The number of rotatable bonds is 5. The highest BCUT2D eigenvalue weighted by molar-refractivity contribution is 5.93. The molecule has 1 atom stereocenters. The Morgan fingerprint density at radius 1 is 1.20 bits per heavy atom. The second-order valence-corrected chi connectivity index (χ2v) is 6.81. The molecule has 0 bridgehead atoms. The van der Waals surface area contributed by atoms with E-state index in [1.807, 2.05) is 6.07 Å². The third-order valence-corrected chi connectivity index (χ3v) is 4.75. The average molecular weight is 339 g/mol. The lowest BCUT2D eigenvalue weighted by atomic mass is 9.97. The maximum Gasteiger partial charge on any atom is 0.252 e. The molecule has 1 amide bonds. The van der Waals surface area contributed by atoms with Crippen molar-refractivity contribution in [1.29, 1.82) is 0 Å². The van der Waals surface area contributed by atoms with Crippen LogP contribution < -0.4 is 10.9 Å². The van der Waals surface area contributed by atoms with Crippen LogP contribution in [0.15, 0.2) is 53.5 Å². The Balaban J connectivity index is 1.51. The van der Waals surface area contributed by atoms with Gasteiger partial charge in [0.25, 0.3) is 5.91 Å². The normalized spacial score (nSPS) is 18.0. The number of aromatic nitrogens is 1. The van der Waals surface area contributed by atoms with Crippen molar-refractivity contribution in [3.05, 3.63) is 70.1 Å². The third-order valence-electron chi connectivity index (χ3n) is 4.75. The third kappa shape index (κ3) is 4.79. The van der Waals surface area contributed by atoms with Gasteiger partial charge < -0.3 is 9.88 Å². The van der Waals surface area contributed by atoms with Crippen molar-refractivity contribution in [2.75, 3.05) is 19.6 Å². The molecule has 1 fully saturated rings. The van der Waals surface area contributed by atoms with Crippen LogP contribution in [0, 0.1) is 5.92 Å². The van der Waals surface area contributed by atoms with Gasteiger partial charge in [0, 0.05) is 38.9 Å². The molecule has 5 heteroatoms. The first-order chi connectivity index (χ1) is 12.1. The summed E-state index contributed by atoms with van der Waals surface area (Å²) in [5, 5.41) is 3.02. The van der Waals surface area contributed by atoms with Crippen LogP contribution in [-0.4, -0.2) is 35.0 Å². The molecule has 0 saturated carbocycles. The molecule has 1 saturated heterocycles. The number of likely N-dealkylation sites (tertiary alicyclic amines) is 1. The van der Waals surface area contributed by atoms with E-state index in [4.69, 9.17) is 0 Å². The zero-order chi connectivity index (χ0) is 17.6. The van der Waals surface area contributed by atoms with Crippen molar-refractivity contribution < 1.29 is 4.79 Å². The highest BCUT2D eigenvalue weighted by Gasteiger charge is 2.20. The predicted molar refractivity (Wildman–Crippen MR) is 98.5 cm³/mol. The van der Waals surface area contributed by atoms with Gasteiger partial charge in [0.1, 0.15) is 0 Å². The first kappa shape index (κ1) is 17.4. The van der Waals surface area contributed by atoms with E-state index in [1.165, 1.54) is 16.2 Å². The summed E-state index contributed by atoms with van der Waals surface area (Å²) in [7, 11) is 1.65. The molecule has 3 rings (SSSR count). The van der Waals surface area contributed by atoms with Crippen LogP contribution in [-0.2, 0) is 13.6 Å². The number of nitrogens with zero attached hydrogens (tertiary/aromatic N) is 2. The lowest BCUT2D eigenvalue weighted by molar-refractivity contribution is 0.0930. The van der Waals surface area contributed by atoms with E-state index in [9.17, 15) is 9.59 Å². The van der Waals surface area contributed by atoms with Gasteiger partial charge in [-0.05, 0) is 36.9 Å². The van der Waals surface area contributed by atoms with Gasteiger partial charge in [-0.25, -0.2) is 0 Å². The van der Waals surface area contributed by atoms with Crippen LogP contribution in [0.1, 0.15) is 28.8 Å². The van der Waals surface area contributed by atoms with E-state index in [0.29, 0.717) is 18.0 Å². The molecule has 1 aliphatic rings. The number of aryl methyl sites for hydroxylation is 1. The number of amides is 1. The first-order valence-electron chi connectivity index (χ1n) is 8.83. The van der Waals surface area contributed by atoms with E-state index in [1.54, 1.807) is 19.3 Å². The van der Waals surface area contributed by atoms with Crippen molar-refractivity contribution in [3.63, 3.8) is 0 Å². The molecule has 1 aliphatic heterocycles. The van der Waals surface area contributed by atoms with Gasteiger partial charge in [0.2, 0.25) is 5.56 Å². The van der Waals surface area contributed by atoms with Crippen molar-refractivity contribution in [1.82, 2.24) is 14.8 Å². The maximum absolute atomic E-state index is 12.3. The number of carbonyl (C=O) groups excluding carboxylic acids is 1. The number of pyridine rings is 1. The lowest BCUT2D eigenvalue weighted by Crippen LogP contribution is -2.40. The molecule has 0 spiro atoms. The summed E-state index contributed by atoms with van der Waals surface area (Å²) in [6.45, 7) is 3.75. The van der Waals surface area contributed by atoms with Crippen LogP contribution in [0.4, 0.5) is 0 Å². The number of benzene rings is 1. The monoisotopic (exact) mass is 339 g/mol. The summed E-state index contributed by atoms with van der Waals surface area (Å²) in [5.41, 5.74) is 1.75. The fourth-order valence-corrected chi connectivity index (χ4v) is 3.37. The van der Waals surface area contributed by atoms with Crippen molar-refractivity contribution >= 4 is 5.91 Å². The van der Waals surface area contributed by atoms with Gasteiger partial charge >= 0.3 is 0 Å². The Kier molecular flexibility index (Phi) is 5.66. The number of carbonyl (C=O) groups is 1. The van der Waals surface area contributed by atoms with Crippen LogP contribution >= 0.6 is 0 Å². The molecule has 25 heavy (non-hydrogen) atoms.